The van der Waals surface area contributed by atoms with Crippen molar-refractivity contribution in [2.24, 2.45) is 0 Å². The van der Waals surface area contributed by atoms with Crippen molar-refractivity contribution in [3.8, 4) is 0 Å². The van der Waals surface area contributed by atoms with E-state index in [1.165, 1.54) is 7.11 Å². The third kappa shape index (κ3) is 14.9. The molecule has 0 aliphatic carbocycles. The van der Waals surface area contributed by atoms with Gasteiger partial charge in [0.25, 0.3) is 0 Å². The average Bonchev–Trinajstić information content (AvgIpc) is 2.99. The quantitative estimate of drug-likeness (QED) is 0.118. The number of hydrogen-bond donors (Lipinski definition) is 2. The van der Waals surface area contributed by atoms with Gasteiger partial charge in [-0.25, -0.2) is 0 Å². The number of rotatable bonds is 21. The molecule has 0 saturated carbocycles. The Balaban J connectivity index is 2.55. The molecule has 0 spiro atoms. The summed E-state index contributed by atoms with van der Waals surface area (Å²) in [4.78, 5) is 76.8. The van der Waals surface area contributed by atoms with Gasteiger partial charge in [0.15, 0.2) is 17.3 Å². The predicted octanol–water partition coefficient (Wildman–Crippen LogP) is 4.32. The van der Waals surface area contributed by atoms with Crippen LogP contribution in [-0.2, 0) is 34.1 Å². The number of benzene rings is 1. The molecule has 10 heteroatoms. The van der Waals surface area contributed by atoms with E-state index >= 15 is 0 Å². The van der Waals surface area contributed by atoms with E-state index in [1.807, 2.05) is 12.1 Å². The molecule has 10 nitrogen and oxygen atoms in total. The molecule has 0 aliphatic heterocycles. The molecule has 0 bridgehead atoms. The largest absolute Gasteiger partial charge is 0.469 e. The van der Waals surface area contributed by atoms with Crippen molar-refractivity contribution in [1.82, 2.24) is 15.5 Å². The van der Waals surface area contributed by atoms with Crippen LogP contribution in [0.1, 0.15) is 115 Å². The van der Waals surface area contributed by atoms with Crippen LogP contribution in [0.4, 0.5) is 0 Å². The minimum absolute atomic E-state index is 0.0182. The highest BCUT2D eigenvalue weighted by atomic mass is 16.5. The number of nitrogens with one attached hydrogen (secondary N) is 2. The summed E-state index contributed by atoms with van der Waals surface area (Å²) in [6.07, 6.45) is 1.63. The SMILES string of the molecule is CCN(CC)CCCC[C@H](NC(=O)CCC(=O)[C@H](C)NC(=O)CCC(=O)c1ccc(C(C)(C)C)cc1)C(=O)CCC(=O)OC. The number of nitrogens with zero attached hydrogens (tertiary/aromatic N) is 1. The van der Waals surface area contributed by atoms with Crippen LogP contribution in [0.15, 0.2) is 24.3 Å². The van der Waals surface area contributed by atoms with Gasteiger partial charge in [-0.05, 0) is 56.8 Å². The number of methoxy groups -OCH3 is 1. The fourth-order valence-electron chi connectivity index (χ4n) is 4.68. The molecule has 0 heterocycles. The molecule has 2 N–H and O–H groups in total. The number of esters is 1. The zero-order valence-corrected chi connectivity index (χ0v) is 27.8. The smallest absolute Gasteiger partial charge is 0.305 e. The Labute approximate surface area is 263 Å². The number of hydrogen-bond acceptors (Lipinski definition) is 8. The van der Waals surface area contributed by atoms with Crippen LogP contribution < -0.4 is 10.6 Å². The summed E-state index contributed by atoms with van der Waals surface area (Å²) in [7, 11) is 1.26. The highest BCUT2D eigenvalue weighted by Crippen LogP contribution is 2.22. The second kappa shape index (κ2) is 19.8. The fourth-order valence-corrected chi connectivity index (χ4v) is 4.68. The van der Waals surface area contributed by atoms with Crippen LogP contribution in [0.5, 0.6) is 0 Å². The summed E-state index contributed by atoms with van der Waals surface area (Å²) in [6, 6.07) is 5.78. The van der Waals surface area contributed by atoms with Gasteiger partial charge in [0.2, 0.25) is 11.8 Å². The van der Waals surface area contributed by atoms with Crippen LogP contribution in [0, 0.1) is 0 Å². The molecule has 0 saturated heterocycles. The summed E-state index contributed by atoms with van der Waals surface area (Å²) in [5, 5.41) is 5.35. The molecule has 44 heavy (non-hydrogen) atoms. The molecule has 0 fully saturated rings. The number of unbranched alkanes of at least 4 members (excludes halogenated alkanes) is 1. The van der Waals surface area contributed by atoms with E-state index in [0.29, 0.717) is 12.0 Å². The molecule has 0 unspecified atom stereocenters. The van der Waals surface area contributed by atoms with Gasteiger partial charge in [-0.15, -0.1) is 0 Å². The van der Waals surface area contributed by atoms with E-state index in [9.17, 15) is 28.8 Å². The number of Topliss-reactive ketones (excluding diaryl/α,β-unsaturated/α-hetero) is 3. The normalized spacial score (nSPS) is 12.7. The van der Waals surface area contributed by atoms with Crippen molar-refractivity contribution < 1.29 is 33.5 Å². The van der Waals surface area contributed by atoms with Crippen molar-refractivity contribution in [1.29, 1.82) is 0 Å². The van der Waals surface area contributed by atoms with Crippen LogP contribution in [0.2, 0.25) is 0 Å². The van der Waals surface area contributed by atoms with Crippen molar-refractivity contribution in [2.75, 3.05) is 26.7 Å². The molecule has 246 valence electrons. The zero-order valence-electron chi connectivity index (χ0n) is 27.8. The Kier molecular flexibility index (Phi) is 17.4. The second-order valence-electron chi connectivity index (χ2n) is 12.2. The van der Waals surface area contributed by atoms with Gasteiger partial charge < -0.3 is 20.3 Å². The molecular weight excluding hydrogens is 562 g/mol. The van der Waals surface area contributed by atoms with Crippen LogP contribution in [0.3, 0.4) is 0 Å². The Bertz CT molecular complexity index is 1100. The molecule has 1 aromatic carbocycles. The number of amides is 2. The lowest BCUT2D eigenvalue weighted by molar-refractivity contribution is -0.142. The summed E-state index contributed by atoms with van der Waals surface area (Å²) < 4.78 is 4.62. The standard InChI is InChI=1S/C34H53N3O7/c1-8-37(9-2)23-11-10-12-27(30(40)19-22-33(43)44-7)36-32(42)20-17-28(38)24(3)35-31(41)21-18-29(39)25-13-15-26(16-14-25)34(4,5)6/h13-16,24,27H,8-12,17-23H2,1-7H3,(H,35,41)(H,36,42)/t24-,27-/m0/s1. The van der Waals surface area contributed by atoms with Gasteiger partial charge in [-0.1, -0.05) is 58.9 Å². The topological polar surface area (TPSA) is 139 Å². The monoisotopic (exact) mass is 615 g/mol. The maximum Gasteiger partial charge on any atom is 0.305 e. The maximum atomic E-state index is 12.8. The number of carbonyl (C=O) groups is 6. The van der Waals surface area contributed by atoms with E-state index in [2.05, 4.69) is 54.9 Å². The van der Waals surface area contributed by atoms with Crippen molar-refractivity contribution >= 4 is 35.1 Å². The van der Waals surface area contributed by atoms with Crippen molar-refractivity contribution in [2.45, 2.75) is 117 Å². The second-order valence-corrected chi connectivity index (χ2v) is 12.2. The lowest BCUT2D eigenvalue weighted by Crippen LogP contribution is -2.42. The summed E-state index contributed by atoms with van der Waals surface area (Å²) in [5.41, 5.74) is 1.62. The van der Waals surface area contributed by atoms with Gasteiger partial charge in [-0.2, -0.15) is 0 Å². The maximum absolute atomic E-state index is 12.8. The van der Waals surface area contributed by atoms with Crippen LogP contribution in [0.25, 0.3) is 0 Å². The zero-order chi connectivity index (χ0) is 33.3. The van der Waals surface area contributed by atoms with Gasteiger partial charge in [0, 0.05) is 37.7 Å². The highest BCUT2D eigenvalue weighted by molar-refractivity contribution is 5.98. The first-order valence-electron chi connectivity index (χ1n) is 15.8. The Morgan fingerprint density at radius 3 is 1.91 bits per heavy atom. The molecular formula is C34H53N3O7. The van der Waals surface area contributed by atoms with E-state index in [0.717, 1.165) is 38.0 Å². The first-order valence-corrected chi connectivity index (χ1v) is 15.8. The Morgan fingerprint density at radius 2 is 1.34 bits per heavy atom. The predicted molar refractivity (Wildman–Crippen MR) is 170 cm³/mol. The van der Waals surface area contributed by atoms with E-state index in [1.54, 1.807) is 19.1 Å². The minimum atomic E-state index is -0.825. The van der Waals surface area contributed by atoms with Gasteiger partial charge in [0.05, 0.1) is 25.6 Å². The summed E-state index contributed by atoms with van der Waals surface area (Å²) in [5.74, 6) is -2.09. The molecule has 0 aliphatic rings. The van der Waals surface area contributed by atoms with Crippen LogP contribution in [-0.4, -0.2) is 78.9 Å². The molecule has 1 rings (SSSR count). The number of carbonyl (C=O) groups excluding carboxylic acids is 6. The summed E-state index contributed by atoms with van der Waals surface area (Å²) in [6.45, 7) is 14.8. The average molecular weight is 616 g/mol. The lowest BCUT2D eigenvalue weighted by Gasteiger charge is -2.20. The molecule has 0 radical (unpaired) electrons. The Hall–Kier alpha value is -3.40. The van der Waals surface area contributed by atoms with Gasteiger partial charge in [-0.3, -0.25) is 28.8 Å². The van der Waals surface area contributed by atoms with Crippen molar-refractivity contribution in [3.63, 3.8) is 0 Å². The summed E-state index contributed by atoms with van der Waals surface area (Å²) >= 11 is 0. The highest BCUT2D eigenvalue weighted by Gasteiger charge is 2.23. The third-order valence-electron chi connectivity index (χ3n) is 7.75. The molecule has 0 aromatic heterocycles. The third-order valence-corrected chi connectivity index (χ3v) is 7.75. The first-order chi connectivity index (χ1) is 20.7. The fraction of sp³-hybridized carbons (Fsp3) is 0.647. The van der Waals surface area contributed by atoms with Crippen LogP contribution >= 0.6 is 0 Å². The number of ketones is 3. The van der Waals surface area contributed by atoms with E-state index in [-0.39, 0.29) is 61.3 Å². The van der Waals surface area contributed by atoms with Gasteiger partial charge in [0.1, 0.15) is 0 Å². The molecule has 2 atom stereocenters. The molecule has 1 aromatic rings. The number of ether oxygens (including phenoxy) is 1. The Morgan fingerprint density at radius 1 is 0.773 bits per heavy atom. The van der Waals surface area contributed by atoms with E-state index < -0.39 is 29.9 Å². The van der Waals surface area contributed by atoms with Crippen molar-refractivity contribution in [3.05, 3.63) is 35.4 Å². The van der Waals surface area contributed by atoms with Gasteiger partial charge >= 0.3 is 5.97 Å². The molecule has 2 amide bonds. The minimum Gasteiger partial charge on any atom is -0.469 e. The lowest BCUT2D eigenvalue weighted by atomic mass is 9.86. The first kappa shape index (κ1) is 38.6. The van der Waals surface area contributed by atoms with E-state index in [4.69, 9.17) is 0 Å².